The zero-order valence-electron chi connectivity index (χ0n) is 19.2. The maximum absolute atomic E-state index is 13.0. The van der Waals surface area contributed by atoms with E-state index in [0.717, 1.165) is 30.9 Å². The highest BCUT2D eigenvalue weighted by atomic mass is 32.2. The Kier molecular flexibility index (Phi) is 7.65. The van der Waals surface area contributed by atoms with Gasteiger partial charge in [-0.3, -0.25) is 10.1 Å². The fourth-order valence-corrected chi connectivity index (χ4v) is 5.55. The van der Waals surface area contributed by atoms with E-state index in [9.17, 15) is 18.5 Å². The van der Waals surface area contributed by atoms with E-state index in [0.29, 0.717) is 30.3 Å². The van der Waals surface area contributed by atoms with Crippen LogP contribution < -0.4 is 19.1 Å². The van der Waals surface area contributed by atoms with Crippen LogP contribution >= 0.6 is 0 Å². The number of hydrogen-bond donors (Lipinski definition) is 0. The molecule has 0 aliphatic carbocycles. The number of nitro groups is 1. The Bertz CT molecular complexity index is 1120. The average Bonchev–Trinajstić information content (AvgIpc) is 2.83. The SMILES string of the molecule is COc1ccc(CN(C)c2ccc(S(=O)(=O)N3CCCCC3)cc2[N+](=O)[O-])c(OC)c1OC. The molecular weight excluding hydrogens is 450 g/mol. The molecule has 0 radical (unpaired) electrons. The average molecular weight is 480 g/mol. The third-order valence-electron chi connectivity index (χ3n) is 5.70. The second kappa shape index (κ2) is 10.3. The van der Waals surface area contributed by atoms with Crippen LogP contribution in [0.3, 0.4) is 0 Å². The zero-order valence-corrected chi connectivity index (χ0v) is 20.1. The van der Waals surface area contributed by atoms with Gasteiger partial charge in [-0.1, -0.05) is 6.42 Å². The Labute approximate surface area is 193 Å². The smallest absolute Gasteiger partial charge is 0.293 e. The summed E-state index contributed by atoms with van der Waals surface area (Å²) in [6, 6.07) is 7.56. The molecule has 1 heterocycles. The third-order valence-corrected chi connectivity index (χ3v) is 7.60. The number of hydrogen-bond acceptors (Lipinski definition) is 8. The molecule has 0 bridgehead atoms. The molecule has 2 aromatic rings. The van der Waals surface area contributed by atoms with Gasteiger partial charge in [-0.25, -0.2) is 8.42 Å². The summed E-state index contributed by atoms with van der Waals surface area (Å²) in [5.41, 5.74) is 0.724. The summed E-state index contributed by atoms with van der Waals surface area (Å²) in [5.74, 6) is 1.37. The number of benzene rings is 2. The maximum Gasteiger partial charge on any atom is 0.293 e. The van der Waals surface area contributed by atoms with E-state index in [1.807, 2.05) is 0 Å². The van der Waals surface area contributed by atoms with E-state index in [2.05, 4.69) is 0 Å². The van der Waals surface area contributed by atoms with E-state index in [4.69, 9.17) is 14.2 Å². The number of ether oxygens (including phenoxy) is 3. The molecule has 0 spiro atoms. The number of anilines is 1. The molecule has 0 unspecified atom stereocenters. The molecule has 33 heavy (non-hydrogen) atoms. The molecule has 2 aromatic carbocycles. The van der Waals surface area contributed by atoms with Gasteiger partial charge in [0.05, 0.1) is 31.1 Å². The van der Waals surface area contributed by atoms with Gasteiger partial charge in [0.25, 0.3) is 5.69 Å². The number of methoxy groups -OCH3 is 3. The van der Waals surface area contributed by atoms with Crippen LogP contribution in [0, 0.1) is 10.1 Å². The largest absolute Gasteiger partial charge is 0.493 e. The number of nitro benzene ring substituents is 1. The van der Waals surface area contributed by atoms with E-state index < -0.39 is 14.9 Å². The minimum atomic E-state index is -3.79. The number of piperidine rings is 1. The molecule has 0 atom stereocenters. The van der Waals surface area contributed by atoms with Gasteiger partial charge in [0, 0.05) is 38.3 Å². The van der Waals surface area contributed by atoms with Crippen LogP contribution in [0.4, 0.5) is 11.4 Å². The lowest BCUT2D eigenvalue weighted by Gasteiger charge is -2.26. The van der Waals surface area contributed by atoms with Crippen LogP contribution in [0.1, 0.15) is 24.8 Å². The zero-order chi connectivity index (χ0) is 24.2. The minimum Gasteiger partial charge on any atom is -0.493 e. The molecule has 180 valence electrons. The van der Waals surface area contributed by atoms with Crippen LogP contribution in [0.2, 0.25) is 0 Å². The maximum atomic E-state index is 13.0. The first-order valence-electron chi connectivity index (χ1n) is 10.5. The van der Waals surface area contributed by atoms with Crippen LogP contribution in [-0.4, -0.2) is 59.1 Å². The van der Waals surface area contributed by atoms with Gasteiger partial charge in [-0.2, -0.15) is 4.31 Å². The van der Waals surface area contributed by atoms with Crippen LogP contribution in [0.5, 0.6) is 17.2 Å². The van der Waals surface area contributed by atoms with Gasteiger partial charge in [-0.15, -0.1) is 0 Å². The van der Waals surface area contributed by atoms with E-state index in [1.54, 1.807) is 24.1 Å². The van der Waals surface area contributed by atoms with Gasteiger partial charge in [0.15, 0.2) is 11.5 Å². The summed E-state index contributed by atoms with van der Waals surface area (Å²) in [5, 5.41) is 11.9. The standard InChI is InChI=1S/C22H29N3O7S/c1-23(15-16-8-11-20(30-2)22(32-4)21(16)31-3)18-10-9-17(14-19(18)25(26)27)33(28,29)24-12-6-5-7-13-24/h8-11,14H,5-7,12-13,15H2,1-4H3. The van der Waals surface area contributed by atoms with Gasteiger partial charge in [0.1, 0.15) is 5.69 Å². The predicted molar refractivity (Wildman–Crippen MR) is 124 cm³/mol. The van der Waals surface area contributed by atoms with Crippen LogP contribution in [-0.2, 0) is 16.6 Å². The first-order chi connectivity index (χ1) is 15.7. The van der Waals surface area contributed by atoms with Crippen molar-refractivity contribution in [1.29, 1.82) is 0 Å². The molecule has 0 saturated carbocycles. The fourth-order valence-electron chi connectivity index (χ4n) is 4.02. The topological polar surface area (TPSA) is 111 Å². The summed E-state index contributed by atoms with van der Waals surface area (Å²) < 4.78 is 43.6. The highest BCUT2D eigenvalue weighted by Crippen LogP contribution is 2.41. The minimum absolute atomic E-state index is 0.0723. The molecule has 3 rings (SSSR count). The van der Waals surface area contributed by atoms with E-state index in [-0.39, 0.29) is 22.8 Å². The van der Waals surface area contributed by atoms with Crippen molar-refractivity contribution >= 4 is 21.4 Å². The lowest BCUT2D eigenvalue weighted by atomic mass is 10.1. The van der Waals surface area contributed by atoms with Crippen molar-refractivity contribution < 1.29 is 27.6 Å². The molecule has 11 heteroatoms. The molecule has 0 amide bonds. The Morgan fingerprint density at radius 2 is 1.67 bits per heavy atom. The molecule has 1 aliphatic rings. The van der Waals surface area contributed by atoms with E-state index >= 15 is 0 Å². The number of sulfonamides is 1. The second-order valence-corrected chi connectivity index (χ2v) is 9.66. The molecule has 0 aromatic heterocycles. The highest BCUT2D eigenvalue weighted by molar-refractivity contribution is 7.89. The van der Waals surface area contributed by atoms with Gasteiger partial charge >= 0.3 is 0 Å². The number of nitrogens with zero attached hydrogens (tertiary/aromatic N) is 3. The Morgan fingerprint density at radius 1 is 1.00 bits per heavy atom. The predicted octanol–water partition coefficient (Wildman–Crippen LogP) is 3.43. The molecule has 1 saturated heterocycles. The quantitative estimate of drug-likeness (QED) is 0.397. The Balaban J connectivity index is 1.96. The second-order valence-electron chi connectivity index (χ2n) is 7.72. The van der Waals surface area contributed by atoms with Gasteiger partial charge < -0.3 is 19.1 Å². The van der Waals surface area contributed by atoms with Crippen molar-refractivity contribution in [2.45, 2.75) is 30.7 Å². The summed E-state index contributed by atoms with van der Waals surface area (Å²) in [4.78, 5) is 12.9. The van der Waals surface area contributed by atoms with E-state index in [1.165, 1.54) is 37.8 Å². The van der Waals surface area contributed by atoms with Crippen LogP contribution in [0.25, 0.3) is 0 Å². The van der Waals surface area contributed by atoms with Crippen molar-refractivity contribution in [3.63, 3.8) is 0 Å². The molecule has 1 aliphatic heterocycles. The third kappa shape index (κ3) is 4.98. The van der Waals surface area contributed by atoms with Crippen molar-refractivity contribution in [2.75, 3.05) is 46.4 Å². The molecule has 10 nitrogen and oxygen atoms in total. The summed E-state index contributed by atoms with van der Waals surface area (Å²) in [7, 11) is 2.43. The van der Waals surface area contributed by atoms with Crippen molar-refractivity contribution in [2.24, 2.45) is 0 Å². The van der Waals surface area contributed by atoms with Crippen molar-refractivity contribution in [1.82, 2.24) is 4.31 Å². The molecular formula is C22H29N3O7S. The molecule has 0 N–H and O–H groups in total. The summed E-state index contributed by atoms with van der Waals surface area (Å²) >= 11 is 0. The number of rotatable bonds is 9. The highest BCUT2D eigenvalue weighted by Gasteiger charge is 2.29. The normalized spacial score (nSPS) is 14.5. The Morgan fingerprint density at radius 3 is 2.24 bits per heavy atom. The van der Waals surface area contributed by atoms with Gasteiger partial charge in [0.2, 0.25) is 15.8 Å². The first kappa shape index (κ1) is 24.6. The summed E-state index contributed by atoms with van der Waals surface area (Å²) in [6.45, 7) is 1.11. The van der Waals surface area contributed by atoms with Crippen LogP contribution in [0.15, 0.2) is 35.2 Å². The Hall–Kier alpha value is -3.05. The van der Waals surface area contributed by atoms with Crippen molar-refractivity contribution in [3.05, 3.63) is 46.0 Å². The summed E-state index contributed by atoms with van der Waals surface area (Å²) in [6.07, 6.45) is 2.56. The monoisotopic (exact) mass is 479 g/mol. The van der Waals surface area contributed by atoms with Gasteiger partial charge in [-0.05, 0) is 37.1 Å². The fraction of sp³-hybridized carbons (Fsp3) is 0.455. The first-order valence-corrected chi connectivity index (χ1v) is 12.0. The lowest BCUT2D eigenvalue weighted by Crippen LogP contribution is -2.35. The molecule has 1 fully saturated rings. The van der Waals surface area contributed by atoms with Crippen molar-refractivity contribution in [3.8, 4) is 17.2 Å². The lowest BCUT2D eigenvalue weighted by molar-refractivity contribution is -0.384.